The molecule has 0 aliphatic carbocycles. The standard InChI is InChI=1S/C10H14FNO3S/c1-7-3-4-9(5-10(7)11)16(14,15)12-6-8(2)13/h3-5,8,12-13H,6H2,1-2H3/t8-/m0/s1. The highest BCUT2D eigenvalue weighted by atomic mass is 32.2. The summed E-state index contributed by atoms with van der Waals surface area (Å²) in [6, 6.07) is 3.68. The molecule has 0 aliphatic heterocycles. The average molecular weight is 247 g/mol. The topological polar surface area (TPSA) is 66.4 Å². The maximum atomic E-state index is 13.2. The van der Waals surface area contributed by atoms with Gasteiger partial charge < -0.3 is 5.11 Å². The van der Waals surface area contributed by atoms with Gasteiger partial charge in [-0.15, -0.1) is 0 Å². The van der Waals surface area contributed by atoms with Crippen LogP contribution in [0, 0.1) is 12.7 Å². The van der Waals surface area contributed by atoms with Crippen molar-refractivity contribution < 1.29 is 17.9 Å². The van der Waals surface area contributed by atoms with E-state index >= 15 is 0 Å². The molecule has 6 heteroatoms. The lowest BCUT2D eigenvalue weighted by Gasteiger charge is -2.08. The van der Waals surface area contributed by atoms with E-state index in [0.717, 1.165) is 6.07 Å². The lowest BCUT2D eigenvalue weighted by atomic mass is 10.2. The van der Waals surface area contributed by atoms with E-state index in [1.165, 1.54) is 19.1 Å². The molecule has 1 rings (SSSR count). The summed E-state index contributed by atoms with van der Waals surface area (Å²) in [5.74, 6) is -0.570. The average Bonchev–Trinajstić information content (AvgIpc) is 2.19. The predicted octanol–water partition coefficient (Wildman–Crippen LogP) is 0.793. The van der Waals surface area contributed by atoms with E-state index in [-0.39, 0.29) is 11.4 Å². The van der Waals surface area contributed by atoms with Gasteiger partial charge in [0.1, 0.15) is 5.82 Å². The van der Waals surface area contributed by atoms with Gasteiger partial charge >= 0.3 is 0 Å². The lowest BCUT2D eigenvalue weighted by molar-refractivity contribution is 0.198. The highest BCUT2D eigenvalue weighted by Gasteiger charge is 2.15. The lowest BCUT2D eigenvalue weighted by Crippen LogP contribution is -2.30. The van der Waals surface area contributed by atoms with Crippen LogP contribution in [-0.4, -0.2) is 26.2 Å². The Labute approximate surface area is 94.2 Å². The van der Waals surface area contributed by atoms with Crippen molar-refractivity contribution in [2.24, 2.45) is 0 Å². The molecule has 0 bridgehead atoms. The normalized spacial score (nSPS) is 13.8. The molecule has 0 saturated carbocycles. The molecular weight excluding hydrogens is 233 g/mol. The summed E-state index contributed by atoms with van der Waals surface area (Å²) < 4.78 is 38.6. The molecule has 0 fully saturated rings. The van der Waals surface area contributed by atoms with E-state index in [0.29, 0.717) is 5.56 Å². The zero-order chi connectivity index (χ0) is 12.3. The third-order valence-electron chi connectivity index (χ3n) is 2.02. The summed E-state index contributed by atoms with van der Waals surface area (Å²) in [5, 5.41) is 8.96. The molecule has 1 aromatic rings. The monoisotopic (exact) mass is 247 g/mol. The zero-order valence-corrected chi connectivity index (χ0v) is 9.88. The first kappa shape index (κ1) is 13.1. The molecule has 2 N–H and O–H groups in total. The Hall–Kier alpha value is -0.980. The second kappa shape index (κ2) is 4.90. The van der Waals surface area contributed by atoms with Crippen molar-refractivity contribution in [1.29, 1.82) is 0 Å². The Morgan fingerprint density at radius 2 is 2.12 bits per heavy atom. The zero-order valence-electron chi connectivity index (χ0n) is 9.07. The van der Waals surface area contributed by atoms with Gasteiger partial charge in [0.25, 0.3) is 0 Å². The Bertz CT molecular complexity index is 471. The minimum Gasteiger partial charge on any atom is -0.392 e. The van der Waals surface area contributed by atoms with Gasteiger partial charge in [0.05, 0.1) is 11.0 Å². The van der Waals surface area contributed by atoms with Gasteiger partial charge in [0.15, 0.2) is 0 Å². The van der Waals surface area contributed by atoms with Crippen molar-refractivity contribution in [2.75, 3.05) is 6.54 Å². The molecule has 0 radical (unpaired) electrons. The summed E-state index contributed by atoms with van der Waals surface area (Å²) in [4.78, 5) is -0.142. The number of sulfonamides is 1. The molecule has 0 saturated heterocycles. The third-order valence-corrected chi connectivity index (χ3v) is 3.44. The van der Waals surface area contributed by atoms with Crippen LogP contribution in [-0.2, 0) is 10.0 Å². The Balaban J connectivity index is 2.94. The van der Waals surface area contributed by atoms with Gasteiger partial charge in [-0.3, -0.25) is 0 Å². The SMILES string of the molecule is Cc1ccc(S(=O)(=O)NC[C@H](C)O)cc1F. The minimum atomic E-state index is -3.74. The first-order chi connectivity index (χ1) is 7.33. The number of rotatable bonds is 4. The number of aryl methyl sites for hydroxylation is 1. The van der Waals surface area contributed by atoms with E-state index < -0.39 is 21.9 Å². The van der Waals surface area contributed by atoms with Gasteiger partial charge in [0.2, 0.25) is 10.0 Å². The van der Waals surface area contributed by atoms with Crippen molar-refractivity contribution in [2.45, 2.75) is 24.8 Å². The number of nitrogens with one attached hydrogen (secondary N) is 1. The molecule has 1 atom stereocenters. The van der Waals surface area contributed by atoms with Gasteiger partial charge in [-0.05, 0) is 31.5 Å². The summed E-state index contributed by atoms with van der Waals surface area (Å²) in [7, 11) is -3.74. The maximum Gasteiger partial charge on any atom is 0.240 e. The highest BCUT2D eigenvalue weighted by Crippen LogP contribution is 2.13. The predicted molar refractivity (Wildman–Crippen MR) is 58.0 cm³/mol. The van der Waals surface area contributed by atoms with Gasteiger partial charge in [-0.1, -0.05) is 6.07 Å². The molecule has 90 valence electrons. The number of hydrogen-bond acceptors (Lipinski definition) is 3. The van der Waals surface area contributed by atoms with Gasteiger partial charge in [-0.25, -0.2) is 17.5 Å². The molecule has 1 aromatic carbocycles. The van der Waals surface area contributed by atoms with Crippen molar-refractivity contribution >= 4 is 10.0 Å². The van der Waals surface area contributed by atoms with E-state index in [9.17, 15) is 12.8 Å². The maximum absolute atomic E-state index is 13.2. The van der Waals surface area contributed by atoms with Crippen molar-refractivity contribution in [3.8, 4) is 0 Å². The second-order valence-electron chi connectivity index (χ2n) is 3.61. The first-order valence-corrected chi connectivity index (χ1v) is 6.25. The molecule has 0 aromatic heterocycles. The number of benzene rings is 1. The van der Waals surface area contributed by atoms with Crippen LogP contribution in [0.4, 0.5) is 4.39 Å². The fraction of sp³-hybridized carbons (Fsp3) is 0.400. The summed E-state index contributed by atoms with van der Waals surface area (Å²) in [6.45, 7) is 2.91. The molecule has 0 aliphatic rings. The van der Waals surface area contributed by atoms with Crippen LogP contribution >= 0.6 is 0 Å². The van der Waals surface area contributed by atoms with Gasteiger partial charge in [-0.2, -0.15) is 0 Å². The number of aliphatic hydroxyl groups excluding tert-OH is 1. The number of halogens is 1. The van der Waals surface area contributed by atoms with Crippen LogP contribution in [0.5, 0.6) is 0 Å². The molecule has 4 nitrogen and oxygen atoms in total. The first-order valence-electron chi connectivity index (χ1n) is 4.77. The van der Waals surface area contributed by atoms with Crippen LogP contribution < -0.4 is 4.72 Å². The molecule has 0 heterocycles. The summed E-state index contributed by atoms with van der Waals surface area (Å²) in [5.41, 5.74) is 0.384. The fourth-order valence-electron chi connectivity index (χ4n) is 1.05. The second-order valence-corrected chi connectivity index (χ2v) is 5.38. The smallest absolute Gasteiger partial charge is 0.240 e. The Kier molecular flexibility index (Phi) is 4.01. The number of aliphatic hydroxyl groups is 1. The molecule has 0 unspecified atom stereocenters. The summed E-state index contributed by atoms with van der Waals surface area (Å²) in [6.07, 6.45) is -0.787. The summed E-state index contributed by atoms with van der Waals surface area (Å²) >= 11 is 0. The van der Waals surface area contributed by atoms with Crippen molar-refractivity contribution in [3.63, 3.8) is 0 Å². The van der Waals surface area contributed by atoms with E-state index in [1.807, 2.05) is 0 Å². The largest absolute Gasteiger partial charge is 0.392 e. The molecular formula is C10H14FNO3S. The Morgan fingerprint density at radius 3 is 2.62 bits per heavy atom. The van der Waals surface area contributed by atoms with Crippen LogP contribution in [0.2, 0.25) is 0 Å². The van der Waals surface area contributed by atoms with Crippen LogP contribution in [0.25, 0.3) is 0 Å². The minimum absolute atomic E-state index is 0.0994. The van der Waals surface area contributed by atoms with Crippen molar-refractivity contribution in [3.05, 3.63) is 29.6 Å². The molecule has 0 amide bonds. The van der Waals surface area contributed by atoms with Crippen LogP contribution in [0.15, 0.2) is 23.1 Å². The molecule has 16 heavy (non-hydrogen) atoms. The van der Waals surface area contributed by atoms with Gasteiger partial charge in [0, 0.05) is 6.54 Å². The van der Waals surface area contributed by atoms with E-state index in [1.54, 1.807) is 6.92 Å². The van der Waals surface area contributed by atoms with Crippen LogP contribution in [0.1, 0.15) is 12.5 Å². The van der Waals surface area contributed by atoms with E-state index in [4.69, 9.17) is 5.11 Å². The fourth-order valence-corrected chi connectivity index (χ4v) is 2.19. The Morgan fingerprint density at radius 1 is 1.50 bits per heavy atom. The van der Waals surface area contributed by atoms with E-state index in [2.05, 4.69) is 4.72 Å². The quantitative estimate of drug-likeness (QED) is 0.826. The van der Waals surface area contributed by atoms with Crippen LogP contribution in [0.3, 0.4) is 0 Å². The highest BCUT2D eigenvalue weighted by molar-refractivity contribution is 7.89. The third kappa shape index (κ3) is 3.26. The van der Waals surface area contributed by atoms with Crippen molar-refractivity contribution in [1.82, 2.24) is 4.72 Å². The number of hydrogen-bond donors (Lipinski definition) is 2. The molecule has 0 spiro atoms.